The quantitative estimate of drug-likeness (QED) is 0.334. The van der Waals surface area contributed by atoms with Crippen LogP contribution in [0.25, 0.3) is 6.08 Å². The number of halogens is 1. The van der Waals surface area contributed by atoms with Crippen LogP contribution in [0.1, 0.15) is 25.0 Å². The second-order valence-electron chi connectivity index (χ2n) is 6.58. The van der Waals surface area contributed by atoms with E-state index in [0.29, 0.717) is 20.1 Å². The summed E-state index contributed by atoms with van der Waals surface area (Å²) < 4.78 is 0.399. The Kier molecular flexibility index (Phi) is 6.00. The van der Waals surface area contributed by atoms with Crippen LogP contribution in [0.15, 0.2) is 56.8 Å². The second kappa shape index (κ2) is 8.28. The Labute approximate surface area is 175 Å². The van der Waals surface area contributed by atoms with Crippen molar-refractivity contribution in [3.63, 3.8) is 0 Å². The highest BCUT2D eigenvalue weighted by Crippen LogP contribution is 2.36. The van der Waals surface area contributed by atoms with E-state index in [1.807, 2.05) is 45.0 Å². The van der Waals surface area contributed by atoms with Crippen molar-refractivity contribution in [1.29, 1.82) is 0 Å². The molecule has 0 aliphatic carbocycles. The fourth-order valence-corrected chi connectivity index (χ4v) is 4.17. The van der Waals surface area contributed by atoms with Gasteiger partial charge in [0.05, 0.1) is 20.0 Å². The van der Waals surface area contributed by atoms with Gasteiger partial charge in [0.15, 0.2) is 5.17 Å². The maximum atomic E-state index is 12.9. The topological polar surface area (TPSA) is 75.8 Å². The molecule has 0 aromatic heterocycles. The number of aryl methyl sites for hydroxylation is 1. The van der Waals surface area contributed by atoms with Gasteiger partial charge in [-0.25, -0.2) is 4.99 Å². The van der Waals surface area contributed by atoms with Crippen LogP contribution < -0.4 is 0 Å². The summed E-state index contributed by atoms with van der Waals surface area (Å²) in [5.41, 5.74) is 2.45. The molecule has 2 aromatic rings. The molecule has 28 heavy (non-hydrogen) atoms. The van der Waals surface area contributed by atoms with Gasteiger partial charge in [0.2, 0.25) is 0 Å². The first kappa shape index (κ1) is 20.3. The number of nitrogens with zero attached hydrogens (tertiary/aromatic N) is 3. The molecular formula is C20H18BrN3O3S. The maximum absolute atomic E-state index is 12.9. The average molecular weight is 460 g/mol. The lowest BCUT2D eigenvalue weighted by Crippen LogP contribution is -2.35. The summed E-state index contributed by atoms with van der Waals surface area (Å²) in [5, 5.41) is 11.8. The first-order valence-corrected chi connectivity index (χ1v) is 10.2. The standard InChI is InChI=1S/C20H18BrN3O3S/c1-12(2)23-19(25)18(11-14-6-9-16(21)17(10-14)24(26)27)28-20(23)22-15-7-4-13(3)5-8-15/h4-12H,1-3H3/b18-11+,22-20?. The van der Waals surface area contributed by atoms with Crippen LogP contribution in [-0.4, -0.2) is 26.9 Å². The number of hydrogen-bond acceptors (Lipinski definition) is 5. The third kappa shape index (κ3) is 4.34. The Morgan fingerprint density at radius 2 is 1.89 bits per heavy atom. The van der Waals surface area contributed by atoms with Crippen molar-refractivity contribution in [2.45, 2.75) is 26.8 Å². The number of hydrogen-bond donors (Lipinski definition) is 0. The van der Waals surface area contributed by atoms with Crippen molar-refractivity contribution in [2.24, 2.45) is 4.99 Å². The van der Waals surface area contributed by atoms with Gasteiger partial charge in [-0.15, -0.1) is 0 Å². The van der Waals surface area contributed by atoms with E-state index in [1.165, 1.54) is 17.8 Å². The first-order chi connectivity index (χ1) is 13.3. The van der Waals surface area contributed by atoms with Crippen LogP contribution in [-0.2, 0) is 4.79 Å². The summed E-state index contributed by atoms with van der Waals surface area (Å²) in [6.07, 6.45) is 1.67. The molecule has 3 rings (SSSR count). The van der Waals surface area contributed by atoms with Gasteiger partial charge in [0, 0.05) is 12.1 Å². The number of carbonyl (C=O) groups excluding carboxylic acids is 1. The van der Waals surface area contributed by atoms with Gasteiger partial charge in [-0.2, -0.15) is 0 Å². The molecule has 6 nitrogen and oxygen atoms in total. The molecule has 144 valence electrons. The Morgan fingerprint density at radius 1 is 1.21 bits per heavy atom. The van der Waals surface area contributed by atoms with E-state index in [4.69, 9.17) is 0 Å². The molecule has 0 bridgehead atoms. The summed E-state index contributed by atoms with van der Waals surface area (Å²) in [6, 6.07) is 12.5. The van der Waals surface area contributed by atoms with E-state index in [-0.39, 0.29) is 17.6 Å². The minimum Gasteiger partial charge on any atom is -0.284 e. The van der Waals surface area contributed by atoms with Crippen LogP contribution in [0, 0.1) is 17.0 Å². The third-order valence-corrected chi connectivity index (χ3v) is 5.73. The van der Waals surface area contributed by atoms with E-state index >= 15 is 0 Å². The lowest BCUT2D eigenvalue weighted by molar-refractivity contribution is -0.385. The number of nitro groups is 1. The van der Waals surface area contributed by atoms with Crippen LogP contribution in [0.5, 0.6) is 0 Å². The first-order valence-electron chi connectivity index (χ1n) is 8.58. The molecule has 0 unspecified atom stereocenters. The number of amidine groups is 1. The number of thioether (sulfide) groups is 1. The number of rotatable bonds is 4. The third-order valence-electron chi connectivity index (χ3n) is 4.08. The molecule has 8 heteroatoms. The number of aliphatic imine (C=N–C) groups is 1. The van der Waals surface area contributed by atoms with E-state index in [1.54, 1.807) is 23.1 Å². The fraction of sp³-hybridized carbons (Fsp3) is 0.200. The summed E-state index contributed by atoms with van der Waals surface area (Å²) in [7, 11) is 0. The molecule has 0 saturated carbocycles. The van der Waals surface area contributed by atoms with Crippen LogP contribution >= 0.6 is 27.7 Å². The normalized spacial score (nSPS) is 17.2. The smallest absolute Gasteiger partial charge is 0.284 e. The highest BCUT2D eigenvalue weighted by Gasteiger charge is 2.35. The molecule has 1 fully saturated rings. The van der Waals surface area contributed by atoms with E-state index in [0.717, 1.165) is 11.3 Å². The summed E-state index contributed by atoms with van der Waals surface area (Å²) in [4.78, 5) is 30.4. The predicted octanol–water partition coefficient (Wildman–Crippen LogP) is 5.68. The minimum atomic E-state index is -0.458. The molecule has 1 aliphatic heterocycles. The van der Waals surface area contributed by atoms with Gasteiger partial charge >= 0.3 is 0 Å². The summed E-state index contributed by atoms with van der Waals surface area (Å²) >= 11 is 4.45. The Hall–Kier alpha value is -2.45. The predicted molar refractivity (Wildman–Crippen MR) is 117 cm³/mol. The van der Waals surface area contributed by atoms with Gasteiger partial charge in [-0.3, -0.25) is 19.8 Å². The highest BCUT2D eigenvalue weighted by atomic mass is 79.9. The van der Waals surface area contributed by atoms with Crippen LogP contribution in [0.2, 0.25) is 0 Å². The van der Waals surface area contributed by atoms with Crippen LogP contribution in [0.3, 0.4) is 0 Å². The summed E-state index contributed by atoms with van der Waals surface area (Å²) in [6.45, 7) is 5.86. The molecule has 0 atom stereocenters. The van der Waals surface area contributed by atoms with Crippen molar-refractivity contribution in [3.8, 4) is 0 Å². The van der Waals surface area contributed by atoms with E-state index in [2.05, 4.69) is 20.9 Å². The number of nitro benzene ring substituents is 1. The lowest BCUT2D eigenvalue weighted by Gasteiger charge is -2.19. The Bertz CT molecular complexity index is 1000. The van der Waals surface area contributed by atoms with Gasteiger partial charge in [0.25, 0.3) is 11.6 Å². The largest absolute Gasteiger partial charge is 0.284 e. The van der Waals surface area contributed by atoms with Crippen molar-refractivity contribution < 1.29 is 9.72 Å². The molecule has 1 heterocycles. The SMILES string of the molecule is Cc1ccc(N=C2S/C(=C/c3ccc(Br)c([N+](=O)[O-])c3)C(=O)N2C(C)C)cc1. The maximum Gasteiger partial charge on any atom is 0.284 e. The van der Waals surface area contributed by atoms with Gasteiger partial charge < -0.3 is 0 Å². The molecule has 0 spiro atoms. The number of benzene rings is 2. The zero-order valence-electron chi connectivity index (χ0n) is 15.5. The molecule has 0 N–H and O–H groups in total. The Morgan fingerprint density at radius 3 is 2.50 bits per heavy atom. The summed E-state index contributed by atoms with van der Waals surface area (Å²) in [5.74, 6) is -0.156. The number of carbonyl (C=O) groups is 1. The molecule has 1 amide bonds. The van der Waals surface area contributed by atoms with Crippen molar-refractivity contribution in [3.05, 3.63) is 73.1 Å². The zero-order chi connectivity index (χ0) is 20.4. The van der Waals surface area contributed by atoms with Gasteiger partial charge in [0.1, 0.15) is 0 Å². The zero-order valence-corrected chi connectivity index (χ0v) is 18.0. The highest BCUT2D eigenvalue weighted by molar-refractivity contribution is 9.10. The number of amides is 1. The Balaban J connectivity index is 1.98. The molecule has 1 aliphatic rings. The van der Waals surface area contributed by atoms with Crippen molar-refractivity contribution in [2.75, 3.05) is 0 Å². The fourth-order valence-electron chi connectivity index (χ4n) is 2.66. The second-order valence-corrected chi connectivity index (χ2v) is 8.44. The minimum absolute atomic E-state index is 0.0425. The monoisotopic (exact) mass is 459 g/mol. The molecule has 1 saturated heterocycles. The van der Waals surface area contributed by atoms with E-state index in [9.17, 15) is 14.9 Å². The van der Waals surface area contributed by atoms with Gasteiger partial charge in [-0.05, 0) is 78.3 Å². The molecular weight excluding hydrogens is 442 g/mol. The van der Waals surface area contributed by atoms with Crippen LogP contribution in [0.4, 0.5) is 11.4 Å². The van der Waals surface area contributed by atoms with Crippen molar-refractivity contribution in [1.82, 2.24) is 4.90 Å². The average Bonchev–Trinajstić information content (AvgIpc) is 2.93. The molecule has 0 radical (unpaired) electrons. The van der Waals surface area contributed by atoms with Gasteiger partial charge in [-0.1, -0.05) is 23.8 Å². The van der Waals surface area contributed by atoms with Crippen molar-refractivity contribution >= 4 is 56.2 Å². The lowest BCUT2D eigenvalue weighted by atomic mass is 10.2. The van der Waals surface area contributed by atoms with E-state index < -0.39 is 4.92 Å². The molecule has 2 aromatic carbocycles.